The van der Waals surface area contributed by atoms with Gasteiger partial charge in [0.2, 0.25) is 5.91 Å². The number of carbonyl (C=O) groups is 2. The summed E-state index contributed by atoms with van der Waals surface area (Å²) < 4.78 is 4.50. The van der Waals surface area contributed by atoms with Crippen LogP contribution in [0.15, 0.2) is 18.2 Å². The number of hydrogen-bond donors (Lipinski definition) is 1. The van der Waals surface area contributed by atoms with Crippen molar-refractivity contribution in [2.45, 2.75) is 32.6 Å². The number of benzene rings is 1. The van der Waals surface area contributed by atoms with Crippen molar-refractivity contribution in [3.63, 3.8) is 0 Å². The molecule has 120 valence electrons. The zero-order valence-corrected chi connectivity index (χ0v) is 13.5. The van der Waals surface area contributed by atoms with Crippen molar-refractivity contribution in [1.82, 2.24) is 15.1 Å². The molecule has 0 fully saturated rings. The molecule has 1 aromatic carbocycles. The molecule has 1 N–H and O–H groups in total. The third-order valence-electron chi connectivity index (χ3n) is 3.84. The maximum Gasteiger partial charge on any atom is 0.407 e. The number of nitrogens with zero attached hydrogens (tertiary/aromatic N) is 2. The third-order valence-corrected chi connectivity index (χ3v) is 3.84. The maximum absolute atomic E-state index is 12.2. The minimum absolute atomic E-state index is 0.150. The Morgan fingerprint density at radius 1 is 1.36 bits per heavy atom. The molecule has 1 atom stereocenters. The number of rotatable bonds is 4. The van der Waals surface area contributed by atoms with Crippen LogP contribution < -0.4 is 5.32 Å². The number of fused-ring (bicyclic) bond motifs is 1. The monoisotopic (exact) mass is 305 g/mol. The normalized spacial score (nSPS) is 15.1. The highest BCUT2D eigenvalue weighted by atomic mass is 16.5. The average Bonchev–Trinajstić information content (AvgIpc) is 2.85. The quantitative estimate of drug-likeness (QED) is 0.912. The molecular weight excluding hydrogens is 282 g/mol. The molecule has 0 radical (unpaired) electrons. The lowest BCUT2D eigenvalue weighted by Crippen LogP contribution is -2.45. The van der Waals surface area contributed by atoms with E-state index < -0.39 is 12.1 Å². The van der Waals surface area contributed by atoms with Crippen LogP contribution in [0.4, 0.5) is 4.79 Å². The number of likely N-dealkylation sites (N-methyl/N-ethyl adjacent to an activating group) is 1. The second kappa shape index (κ2) is 6.79. The highest BCUT2D eigenvalue weighted by Gasteiger charge is 2.21. The van der Waals surface area contributed by atoms with Gasteiger partial charge in [0.15, 0.2) is 0 Å². The van der Waals surface area contributed by atoms with E-state index in [1.807, 2.05) is 0 Å². The lowest BCUT2D eigenvalue weighted by molar-refractivity contribution is -0.132. The van der Waals surface area contributed by atoms with Crippen molar-refractivity contribution in [1.29, 1.82) is 0 Å². The van der Waals surface area contributed by atoms with E-state index in [9.17, 15) is 9.59 Å². The Labute approximate surface area is 131 Å². The van der Waals surface area contributed by atoms with Gasteiger partial charge < -0.3 is 15.0 Å². The fourth-order valence-corrected chi connectivity index (χ4v) is 2.70. The molecule has 0 saturated carbocycles. The minimum Gasteiger partial charge on any atom is -0.453 e. The number of hydrogen-bond acceptors (Lipinski definition) is 4. The van der Waals surface area contributed by atoms with E-state index >= 15 is 0 Å². The summed E-state index contributed by atoms with van der Waals surface area (Å²) in [6, 6.07) is 5.72. The molecule has 1 aromatic rings. The summed E-state index contributed by atoms with van der Waals surface area (Å²) in [7, 11) is 5.10. The molecule has 2 rings (SSSR count). The van der Waals surface area contributed by atoms with Gasteiger partial charge in [-0.3, -0.25) is 9.69 Å². The fraction of sp³-hybridized carbons (Fsp3) is 0.500. The molecule has 6 nitrogen and oxygen atoms in total. The van der Waals surface area contributed by atoms with Crippen LogP contribution >= 0.6 is 0 Å². The van der Waals surface area contributed by atoms with Crippen molar-refractivity contribution in [3.8, 4) is 0 Å². The van der Waals surface area contributed by atoms with Gasteiger partial charge in [-0.1, -0.05) is 18.2 Å². The topological polar surface area (TPSA) is 61.9 Å². The zero-order chi connectivity index (χ0) is 16.3. The average molecular weight is 305 g/mol. The standard InChI is InChI=1S/C16H23N3O3/c1-11(17-16(21)22-4)15(20)19(3)8-12-5-6-13-9-18(2)10-14(13)7-12/h5-7,11H,8-10H2,1-4H3,(H,17,21)/t11-/m1/s1. The van der Waals surface area contributed by atoms with Gasteiger partial charge in [0.25, 0.3) is 0 Å². The highest BCUT2D eigenvalue weighted by Crippen LogP contribution is 2.22. The molecule has 0 spiro atoms. The SMILES string of the molecule is COC(=O)N[C@H](C)C(=O)N(C)Cc1ccc2c(c1)CN(C)C2. The molecule has 1 heterocycles. The molecule has 0 aliphatic carbocycles. The Morgan fingerprint density at radius 2 is 2.05 bits per heavy atom. The summed E-state index contributed by atoms with van der Waals surface area (Å²) in [4.78, 5) is 27.3. The molecule has 22 heavy (non-hydrogen) atoms. The van der Waals surface area contributed by atoms with Crippen LogP contribution in [0, 0.1) is 0 Å². The summed E-state index contributed by atoms with van der Waals surface area (Å²) in [5, 5.41) is 2.48. The summed E-state index contributed by atoms with van der Waals surface area (Å²) in [6.07, 6.45) is -0.602. The Morgan fingerprint density at radius 3 is 2.73 bits per heavy atom. The number of amides is 2. The van der Waals surface area contributed by atoms with E-state index in [1.54, 1.807) is 18.9 Å². The van der Waals surface area contributed by atoms with Crippen LogP contribution in [-0.2, 0) is 29.2 Å². The highest BCUT2D eigenvalue weighted by molar-refractivity contribution is 5.85. The van der Waals surface area contributed by atoms with E-state index in [-0.39, 0.29) is 5.91 Å². The Kier molecular flexibility index (Phi) is 5.03. The van der Waals surface area contributed by atoms with Crippen LogP contribution in [0.25, 0.3) is 0 Å². The second-order valence-corrected chi connectivity index (χ2v) is 5.83. The van der Waals surface area contributed by atoms with Crippen molar-refractivity contribution >= 4 is 12.0 Å². The van der Waals surface area contributed by atoms with Crippen molar-refractivity contribution in [2.75, 3.05) is 21.2 Å². The minimum atomic E-state index is -0.613. The predicted molar refractivity (Wildman–Crippen MR) is 83.1 cm³/mol. The smallest absolute Gasteiger partial charge is 0.407 e. The Bertz CT molecular complexity index is 574. The summed E-state index contributed by atoms with van der Waals surface area (Å²) in [5.74, 6) is -0.150. The molecule has 6 heteroatoms. The molecule has 0 bridgehead atoms. The lowest BCUT2D eigenvalue weighted by atomic mass is 10.1. The third kappa shape index (κ3) is 3.76. The van der Waals surface area contributed by atoms with Crippen LogP contribution in [0.3, 0.4) is 0 Å². The number of nitrogens with one attached hydrogen (secondary N) is 1. The number of methoxy groups -OCH3 is 1. The molecule has 0 unspecified atom stereocenters. The number of ether oxygens (including phenoxy) is 1. The van der Waals surface area contributed by atoms with Gasteiger partial charge in [-0.05, 0) is 30.7 Å². The van der Waals surface area contributed by atoms with Crippen molar-refractivity contribution < 1.29 is 14.3 Å². The molecule has 0 aromatic heterocycles. The summed E-state index contributed by atoms with van der Waals surface area (Å²) in [6.45, 7) is 4.09. The van der Waals surface area contributed by atoms with Crippen LogP contribution in [0.5, 0.6) is 0 Å². The van der Waals surface area contributed by atoms with Gasteiger partial charge in [0.05, 0.1) is 7.11 Å². The van der Waals surface area contributed by atoms with Crippen LogP contribution in [-0.4, -0.2) is 49.0 Å². The fourth-order valence-electron chi connectivity index (χ4n) is 2.70. The van der Waals surface area contributed by atoms with E-state index in [0.29, 0.717) is 6.54 Å². The predicted octanol–water partition coefficient (Wildman–Crippen LogP) is 1.33. The number of carbonyl (C=O) groups excluding carboxylic acids is 2. The molecular formula is C16H23N3O3. The Balaban J connectivity index is 1.97. The molecule has 1 aliphatic heterocycles. The van der Waals surface area contributed by atoms with Gasteiger partial charge >= 0.3 is 6.09 Å². The van der Waals surface area contributed by atoms with Gasteiger partial charge in [-0.15, -0.1) is 0 Å². The van der Waals surface area contributed by atoms with Crippen molar-refractivity contribution in [3.05, 3.63) is 34.9 Å². The first-order valence-electron chi connectivity index (χ1n) is 7.29. The molecule has 1 aliphatic rings. The first-order chi connectivity index (χ1) is 10.4. The summed E-state index contributed by atoms with van der Waals surface area (Å²) >= 11 is 0. The van der Waals surface area contributed by atoms with Gasteiger partial charge in [-0.2, -0.15) is 0 Å². The van der Waals surface area contributed by atoms with Crippen molar-refractivity contribution in [2.24, 2.45) is 0 Å². The summed E-state index contributed by atoms with van der Waals surface area (Å²) in [5.41, 5.74) is 3.76. The van der Waals surface area contributed by atoms with E-state index in [2.05, 4.69) is 40.2 Å². The van der Waals surface area contributed by atoms with Gasteiger partial charge in [0, 0.05) is 26.7 Å². The largest absolute Gasteiger partial charge is 0.453 e. The Hall–Kier alpha value is -2.08. The maximum atomic E-state index is 12.2. The molecule has 2 amide bonds. The van der Waals surface area contributed by atoms with E-state index in [0.717, 1.165) is 18.7 Å². The van der Waals surface area contributed by atoms with Crippen LogP contribution in [0.1, 0.15) is 23.6 Å². The first kappa shape index (κ1) is 16.3. The van der Waals surface area contributed by atoms with Crippen LogP contribution in [0.2, 0.25) is 0 Å². The van der Waals surface area contributed by atoms with E-state index in [1.165, 1.54) is 18.2 Å². The lowest BCUT2D eigenvalue weighted by Gasteiger charge is -2.22. The number of alkyl carbamates (subject to hydrolysis) is 1. The second-order valence-electron chi connectivity index (χ2n) is 5.83. The van der Waals surface area contributed by atoms with Gasteiger partial charge in [-0.25, -0.2) is 4.79 Å². The van der Waals surface area contributed by atoms with E-state index in [4.69, 9.17) is 0 Å². The zero-order valence-electron chi connectivity index (χ0n) is 13.5. The first-order valence-corrected chi connectivity index (χ1v) is 7.29. The van der Waals surface area contributed by atoms with Gasteiger partial charge in [0.1, 0.15) is 6.04 Å². The molecule has 0 saturated heterocycles.